The monoisotopic (exact) mass is 646 g/mol. The highest BCUT2D eigenvalue weighted by Gasteiger charge is 2.12. The molecule has 0 radical (unpaired) electrons. The molecule has 0 bridgehead atoms. The number of ether oxygens (including phenoxy) is 2. The Labute approximate surface area is 280 Å². The minimum atomic E-state index is 0.760. The first-order valence-corrected chi connectivity index (χ1v) is 16.2. The normalized spacial score (nSPS) is 14.5. The number of rotatable bonds is 4. The van der Waals surface area contributed by atoms with Gasteiger partial charge in [0.15, 0.2) is 0 Å². The van der Waals surface area contributed by atoms with Gasteiger partial charge in [0, 0.05) is 77.8 Å². The molecule has 240 valence electrons. The van der Waals surface area contributed by atoms with Crippen molar-refractivity contribution >= 4 is 61.8 Å². The third-order valence-electron chi connectivity index (χ3n) is 8.04. The lowest BCUT2D eigenvalue weighted by Crippen LogP contribution is -2.36. The fourth-order valence-electron chi connectivity index (χ4n) is 5.51. The van der Waals surface area contributed by atoms with Crippen molar-refractivity contribution in [1.29, 1.82) is 0 Å². The molecule has 0 unspecified atom stereocenters. The van der Waals surface area contributed by atoms with Gasteiger partial charge in [0.25, 0.3) is 0 Å². The molecule has 2 aliphatic rings. The SMILES string of the molecule is Clc1ccnc2ccccc12.Nc1ccc(N2CCOCC2)cc1.c1ccc2c(Nc3ccc(N4CCOCC4)cc3)ccnc2c1. The number of aromatic nitrogens is 2. The zero-order valence-electron chi connectivity index (χ0n) is 26.3. The molecule has 8 nitrogen and oxygen atoms in total. The molecule has 2 fully saturated rings. The van der Waals surface area contributed by atoms with Crippen molar-refractivity contribution in [2.24, 2.45) is 0 Å². The molecular weight excluding hydrogens is 608 g/mol. The van der Waals surface area contributed by atoms with Gasteiger partial charge in [-0.25, -0.2) is 0 Å². The largest absolute Gasteiger partial charge is 0.399 e. The minimum absolute atomic E-state index is 0.760. The lowest BCUT2D eigenvalue weighted by Gasteiger charge is -2.29. The molecule has 0 atom stereocenters. The number of benzene rings is 4. The summed E-state index contributed by atoms with van der Waals surface area (Å²) >= 11 is 5.92. The van der Waals surface area contributed by atoms with E-state index in [1.54, 1.807) is 12.3 Å². The maximum Gasteiger partial charge on any atom is 0.0722 e. The van der Waals surface area contributed by atoms with E-state index in [-0.39, 0.29) is 0 Å². The minimum Gasteiger partial charge on any atom is -0.399 e. The first kappa shape index (κ1) is 32.1. The van der Waals surface area contributed by atoms with Gasteiger partial charge in [-0.15, -0.1) is 0 Å². The van der Waals surface area contributed by atoms with E-state index in [4.69, 9.17) is 26.8 Å². The molecule has 0 saturated carbocycles. The van der Waals surface area contributed by atoms with E-state index >= 15 is 0 Å². The lowest BCUT2D eigenvalue weighted by molar-refractivity contribution is 0.122. The Bertz CT molecular complexity index is 1850. The van der Waals surface area contributed by atoms with E-state index < -0.39 is 0 Å². The fraction of sp³-hybridized carbons (Fsp3) is 0.211. The van der Waals surface area contributed by atoms with Gasteiger partial charge in [0.1, 0.15) is 0 Å². The highest BCUT2D eigenvalue weighted by atomic mass is 35.5. The van der Waals surface area contributed by atoms with Gasteiger partial charge >= 0.3 is 0 Å². The van der Waals surface area contributed by atoms with E-state index in [1.165, 1.54) is 11.4 Å². The van der Waals surface area contributed by atoms with Crippen LogP contribution in [0.25, 0.3) is 21.8 Å². The van der Waals surface area contributed by atoms with Crippen LogP contribution in [0.5, 0.6) is 0 Å². The summed E-state index contributed by atoms with van der Waals surface area (Å²) in [5, 5.41) is 6.40. The predicted molar refractivity (Wildman–Crippen MR) is 195 cm³/mol. The lowest BCUT2D eigenvalue weighted by atomic mass is 10.1. The number of nitrogen functional groups attached to an aromatic ring is 1. The number of fused-ring (bicyclic) bond motifs is 2. The maximum absolute atomic E-state index is 5.92. The summed E-state index contributed by atoms with van der Waals surface area (Å²) in [6.07, 6.45) is 3.55. The molecule has 9 heteroatoms. The molecule has 0 aliphatic carbocycles. The third-order valence-corrected chi connectivity index (χ3v) is 8.37. The molecule has 0 amide bonds. The van der Waals surface area contributed by atoms with Crippen molar-refractivity contribution in [2.45, 2.75) is 0 Å². The van der Waals surface area contributed by atoms with Crippen molar-refractivity contribution in [2.75, 3.05) is 73.5 Å². The van der Waals surface area contributed by atoms with Gasteiger partial charge in [-0.05, 0) is 72.8 Å². The highest BCUT2D eigenvalue weighted by molar-refractivity contribution is 6.35. The van der Waals surface area contributed by atoms with Crippen LogP contribution < -0.4 is 20.9 Å². The van der Waals surface area contributed by atoms with Crippen molar-refractivity contribution in [3.8, 4) is 0 Å². The number of hydrogen-bond donors (Lipinski definition) is 2. The van der Waals surface area contributed by atoms with Crippen molar-refractivity contribution in [3.05, 3.63) is 127 Å². The average molecular weight is 647 g/mol. The number of pyridine rings is 2. The van der Waals surface area contributed by atoms with E-state index in [0.29, 0.717) is 0 Å². The van der Waals surface area contributed by atoms with Gasteiger partial charge in [-0.2, -0.15) is 0 Å². The Morgan fingerprint density at radius 3 is 1.64 bits per heavy atom. The van der Waals surface area contributed by atoms with Crippen LogP contribution in [0.15, 0.2) is 122 Å². The van der Waals surface area contributed by atoms with Crippen LogP contribution in [0.4, 0.5) is 28.4 Å². The second-order valence-electron chi connectivity index (χ2n) is 11.1. The number of nitrogens with one attached hydrogen (secondary N) is 1. The Morgan fingerprint density at radius 1 is 0.574 bits per heavy atom. The number of hydrogen-bond acceptors (Lipinski definition) is 8. The summed E-state index contributed by atoms with van der Waals surface area (Å²) < 4.78 is 10.7. The molecule has 0 spiro atoms. The molecule has 47 heavy (non-hydrogen) atoms. The second-order valence-corrected chi connectivity index (χ2v) is 11.6. The standard InChI is InChI=1S/C19H19N3O.C10H14N2O.C9H6ClN/c1-2-4-18-17(3-1)19(9-10-20-18)21-15-5-7-16(8-6-15)22-11-13-23-14-12-22;11-9-1-3-10(4-2-9)12-5-7-13-8-6-12;10-8-5-6-11-9-4-2-1-3-7(8)9/h1-10H,11-14H2,(H,20,21);1-4H,5-8,11H2;1-6H. The second kappa shape index (κ2) is 16.1. The average Bonchev–Trinajstić information content (AvgIpc) is 3.14. The van der Waals surface area contributed by atoms with Crippen molar-refractivity contribution in [1.82, 2.24) is 9.97 Å². The fourth-order valence-corrected chi connectivity index (χ4v) is 5.72. The Kier molecular flexibility index (Phi) is 11.0. The van der Waals surface area contributed by atoms with E-state index in [1.807, 2.05) is 66.9 Å². The number of morpholine rings is 2. The summed E-state index contributed by atoms with van der Waals surface area (Å²) in [6, 6.07) is 36.3. The van der Waals surface area contributed by atoms with Crippen LogP contribution in [0.2, 0.25) is 5.02 Å². The van der Waals surface area contributed by atoms with E-state index in [9.17, 15) is 0 Å². The van der Waals surface area contributed by atoms with Crippen LogP contribution in [-0.4, -0.2) is 62.6 Å². The van der Waals surface area contributed by atoms with E-state index in [2.05, 4.69) is 67.5 Å². The first-order chi connectivity index (χ1) is 23.1. The van der Waals surface area contributed by atoms with Crippen LogP contribution in [0.3, 0.4) is 0 Å². The zero-order valence-corrected chi connectivity index (χ0v) is 27.0. The Morgan fingerprint density at radius 2 is 1.06 bits per heavy atom. The number of nitrogens with zero attached hydrogens (tertiary/aromatic N) is 4. The zero-order chi connectivity index (χ0) is 32.3. The van der Waals surface area contributed by atoms with Gasteiger partial charge in [0.2, 0.25) is 0 Å². The summed E-state index contributed by atoms with van der Waals surface area (Å²) in [5.41, 5.74) is 13.0. The smallest absolute Gasteiger partial charge is 0.0722 e. The van der Waals surface area contributed by atoms with Crippen molar-refractivity contribution in [3.63, 3.8) is 0 Å². The van der Waals surface area contributed by atoms with Crippen LogP contribution in [0.1, 0.15) is 0 Å². The van der Waals surface area contributed by atoms with Gasteiger partial charge in [-0.3, -0.25) is 9.97 Å². The molecule has 4 heterocycles. The maximum atomic E-state index is 5.92. The molecule has 2 saturated heterocycles. The van der Waals surface area contributed by atoms with Crippen LogP contribution in [-0.2, 0) is 9.47 Å². The molecule has 2 aromatic heterocycles. The van der Waals surface area contributed by atoms with Gasteiger partial charge in [0.05, 0.1) is 42.5 Å². The number of anilines is 5. The van der Waals surface area contributed by atoms with Gasteiger partial charge < -0.3 is 30.3 Å². The summed E-state index contributed by atoms with van der Waals surface area (Å²) in [7, 11) is 0. The molecule has 6 aromatic rings. The molecule has 8 rings (SSSR count). The Balaban J connectivity index is 0.000000136. The van der Waals surface area contributed by atoms with E-state index in [0.717, 1.165) is 96.5 Å². The van der Waals surface area contributed by atoms with Gasteiger partial charge in [-0.1, -0.05) is 48.0 Å². The van der Waals surface area contributed by atoms with Crippen LogP contribution in [0, 0.1) is 0 Å². The Hall–Kier alpha value is -4.89. The molecule has 2 aliphatic heterocycles. The topological polar surface area (TPSA) is 88.8 Å². The van der Waals surface area contributed by atoms with Crippen molar-refractivity contribution < 1.29 is 9.47 Å². The quantitative estimate of drug-likeness (QED) is 0.188. The first-order valence-electron chi connectivity index (χ1n) is 15.8. The predicted octanol–water partition coefficient (Wildman–Crippen LogP) is 7.81. The number of halogens is 1. The van der Waals surface area contributed by atoms with Crippen LogP contribution >= 0.6 is 11.6 Å². The summed E-state index contributed by atoms with van der Waals surface area (Å²) in [4.78, 5) is 13.2. The number of para-hydroxylation sites is 2. The molecule has 4 aromatic carbocycles. The summed E-state index contributed by atoms with van der Waals surface area (Å²) in [5.74, 6) is 0. The third kappa shape index (κ3) is 8.68. The molecule has 3 N–H and O–H groups in total. The summed E-state index contributed by atoms with van der Waals surface area (Å²) in [6.45, 7) is 7.14. The highest BCUT2D eigenvalue weighted by Crippen LogP contribution is 2.27. The molecular formula is C38H39ClN6O2. The number of nitrogens with two attached hydrogens (primary N) is 1.